The summed E-state index contributed by atoms with van der Waals surface area (Å²) < 4.78 is 12.0. The van der Waals surface area contributed by atoms with E-state index in [1.54, 1.807) is 7.11 Å². The van der Waals surface area contributed by atoms with Crippen molar-refractivity contribution in [1.29, 1.82) is 0 Å². The van der Waals surface area contributed by atoms with Crippen LogP contribution in [0.3, 0.4) is 0 Å². The minimum Gasteiger partial charge on any atom is -0.465 e. The maximum Gasteiger partial charge on any atom is 0.326 e. The summed E-state index contributed by atoms with van der Waals surface area (Å²) in [6.45, 7) is 3.27. The summed E-state index contributed by atoms with van der Waals surface area (Å²) >= 11 is 4.86. The molecule has 0 spiro atoms. The number of thiazole rings is 1. The van der Waals surface area contributed by atoms with Crippen LogP contribution in [0, 0.1) is 0 Å². The molecule has 3 aromatic rings. The van der Waals surface area contributed by atoms with Gasteiger partial charge in [-0.1, -0.05) is 60.7 Å². The third kappa shape index (κ3) is 5.98. The molecule has 0 saturated heterocycles. The molecule has 0 radical (unpaired) electrons. The lowest BCUT2D eigenvalue weighted by molar-refractivity contribution is -0.156. The van der Waals surface area contributed by atoms with Crippen LogP contribution >= 0.6 is 27.3 Å². The Hall–Kier alpha value is -2.06. The quantitative estimate of drug-likeness (QED) is 0.365. The normalized spacial score (nSPS) is 13.2. The van der Waals surface area contributed by atoms with E-state index in [9.17, 15) is 4.79 Å². The first-order chi connectivity index (χ1) is 14.6. The van der Waals surface area contributed by atoms with Crippen LogP contribution in [0.25, 0.3) is 0 Å². The van der Waals surface area contributed by atoms with E-state index in [4.69, 9.17) is 9.47 Å². The van der Waals surface area contributed by atoms with Crippen molar-refractivity contribution in [3.63, 3.8) is 0 Å². The van der Waals surface area contributed by atoms with Crippen molar-refractivity contribution in [3.8, 4) is 0 Å². The van der Waals surface area contributed by atoms with E-state index in [-0.39, 0.29) is 5.97 Å². The van der Waals surface area contributed by atoms with Gasteiger partial charge in [-0.25, -0.2) is 4.98 Å². The third-order valence-electron chi connectivity index (χ3n) is 4.66. The number of hydrogen-bond donors (Lipinski definition) is 0. The predicted octanol–water partition coefficient (Wildman–Crippen LogP) is 5.23. The first kappa shape index (κ1) is 22.6. The maximum atomic E-state index is 13.2. The lowest BCUT2D eigenvalue weighted by Gasteiger charge is -2.34. The molecular formula is C23H25BrN2O3S. The van der Waals surface area contributed by atoms with Crippen LogP contribution in [-0.2, 0) is 27.4 Å². The van der Waals surface area contributed by atoms with Crippen LogP contribution < -0.4 is 0 Å². The zero-order chi connectivity index (χ0) is 21.3. The molecule has 1 aromatic heterocycles. The number of benzene rings is 2. The van der Waals surface area contributed by atoms with E-state index in [0.29, 0.717) is 19.7 Å². The Morgan fingerprint density at radius 1 is 1.07 bits per heavy atom. The summed E-state index contributed by atoms with van der Waals surface area (Å²) in [6.07, 6.45) is -0.548. The second-order valence-electron chi connectivity index (χ2n) is 6.74. The van der Waals surface area contributed by atoms with Crippen LogP contribution in [0.15, 0.2) is 70.6 Å². The highest BCUT2D eigenvalue weighted by molar-refractivity contribution is 9.10. The number of halogens is 1. The topological polar surface area (TPSA) is 51.7 Å². The van der Waals surface area contributed by atoms with Gasteiger partial charge in [-0.3, -0.25) is 9.69 Å². The number of methoxy groups -OCH3 is 1. The first-order valence-corrected chi connectivity index (χ1v) is 11.4. The number of ether oxygens (including phenoxy) is 2. The number of nitrogens with zero attached hydrogens (tertiary/aromatic N) is 2. The Morgan fingerprint density at radius 3 is 2.07 bits per heavy atom. The second-order valence-corrected chi connectivity index (χ2v) is 8.44. The molecule has 0 fully saturated rings. The summed E-state index contributed by atoms with van der Waals surface area (Å²) in [5, 5.41) is 2.62. The fourth-order valence-corrected chi connectivity index (χ4v) is 4.71. The molecule has 0 aliphatic rings. The van der Waals surface area contributed by atoms with E-state index < -0.39 is 12.1 Å². The largest absolute Gasteiger partial charge is 0.465 e. The standard InChI is InChI=1S/C23H25BrN2O3S/c1-3-29-23(27)20(21(28-2)22-25-19(24)16-30-22)26(14-17-10-6-4-7-11-17)15-18-12-8-5-9-13-18/h4-13,16,20-21H,3,14-15H2,1-2H3/t20?,21-/m0/s1. The zero-order valence-electron chi connectivity index (χ0n) is 17.0. The number of aromatic nitrogens is 1. The second kappa shape index (κ2) is 11.4. The first-order valence-electron chi connectivity index (χ1n) is 9.74. The van der Waals surface area contributed by atoms with E-state index in [0.717, 1.165) is 20.7 Å². The van der Waals surface area contributed by atoms with Crippen molar-refractivity contribution in [2.75, 3.05) is 13.7 Å². The lowest BCUT2D eigenvalue weighted by Crippen LogP contribution is -2.46. The molecule has 1 unspecified atom stereocenters. The number of carbonyl (C=O) groups excluding carboxylic acids is 1. The highest BCUT2D eigenvalue weighted by Crippen LogP contribution is 2.31. The average Bonchev–Trinajstić information content (AvgIpc) is 3.19. The minimum absolute atomic E-state index is 0.303. The molecule has 2 aromatic carbocycles. The van der Waals surface area contributed by atoms with Gasteiger partial charge in [-0.2, -0.15) is 0 Å². The Kier molecular flexibility index (Phi) is 8.57. The third-order valence-corrected chi connectivity index (χ3v) is 6.27. The van der Waals surface area contributed by atoms with Gasteiger partial charge in [0.15, 0.2) is 0 Å². The number of esters is 1. The molecule has 5 nitrogen and oxygen atoms in total. The highest BCUT2D eigenvalue weighted by atomic mass is 79.9. The fraction of sp³-hybridized carbons (Fsp3) is 0.304. The number of rotatable bonds is 10. The molecule has 0 aliphatic carbocycles. The van der Waals surface area contributed by atoms with Crippen LogP contribution in [0.4, 0.5) is 0 Å². The van der Waals surface area contributed by atoms with E-state index in [1.807, 2.05) is 48.7 Å². The smallest absolute Gasteiger partial charge is 0.326 e. The minimum atomic E-state index is -0.645. The summed E-state index contributed by atoms with van der Waals surface area (Å²) in [5.41, 5.74) is 2.22. The fourth-order valence-electron chi connectivity index (χ4n) is 3.34. The van der Waals surface area contributed by atoms with Gasteiger partial charge in [-0.05, 0) is 34.0 Å². The Morgan fingerprint density at radius 2 is 1.63 bits per heavy atom. The van der Waals surface area contributed by atoms with Gasteiger partial charge in [0.05, 0.1) is 6.61 Å². The SMILES string of the molecule is CCOC(=O)C([C@H](OC)c1nc(Br)cs1)N(Cc1ccccc1)Cc1ccccc1. The van der Waals surface area contributed by atoms with E-state index in [2.05, 4.69) is 50.1 Å². The molecule has 0 amide bonds. The van der Waals surface area contributed by atoms with Crippen molar-refractivity contribution in [2.24, 2.45) is 0 Å². The van der Waals surface area contributed by atoms with Gasteiger partial charge in [0.1, 0.15) is 21.8 Å². The molecule has 0 N–H and O–H groups in total. The lowest BCUT2D eigenvalue weighted by atomic mass is 10.1. The molecular weight excluding hydrogens is 464 g/mol. The molecule has 3 rings (SSSR count). The summed E-state index contributed by atoms with van der Waals surface area (Å²) in [5.74, 6) is -0.317. The molecule has 158 valence electrons. The Bertz CT molecular complexity index is 879. The van der Waals surface area contributed by atoms with Crippen molar-refractivity contribution in [2.45, 2.75) is 32.2 Å². The van der Waals surface area contributed by atoms with Gasteiger partial charge < -0.3 is 9.47 Å². The van der Waals surface area contributed by atoms with Crippen LogP contribution in [0.5, 0.6) is 0 Å². The Labute approximate surface area is 189 Å². The van der Waals surface area contributed by atoms with Gasteiger partial charge >= 0.3 is 5.97 Å². The van der Waals surface area contributed by atoms with Gasteiger partial charge in [0, 0.05) is 25.6 Å². The molecule has 0 saturated carbocycles. The number of carbonyl (C=O) groups is 1. The number of hydrogen-bond acceptors (Lipinski definition) is 6. The van der Waals surface area contributed by atoms with Crippen LogP contribution in [-0.4, -0.2) is 35.6 Å². The molecule has 1 heterocycles. The van der Waals surface area contributed by atoms with Gasteiger partial charge in [-0.15, -0.1) is 11.3 Å². The van der Waals surface area contributed by atoms with Crippen LogP contribution in [0.2, 0.25) is 0 Å². The van der Waals surface area contributed by atoms with Crippen molar-refractivity contribution < 1.29 is 14.3 Å². The maximum absolute atomic E-state index is 13.2. The average molecular weight is 489 g/mol. The summed E-state index contributed by atoms with van der Waals surface area (Å²) in [6, 6.07) is 19.6. The van der Waals surface area contributed by atoms with Crippen molar-refractivity contribution in [1.82, 2.24) is 9.88 Å². The molecule has 2 atom stereocenters. The summed E-state index contributed by atoms with van der Waals surface area (Å²) in [7, 11) is 1.61. The van der Waals surface area contributed by atoms with Gasteiger partial charge in [0.2, 0.25) is 0 Å². The van der Waals surface area contributed by atoms with Gasteiger partial charge in [0.25, 0.3) is 0 Å². The Balaban J connectivity index is 2.00. The van der Waals surface area contributed by atoms with Crippen LogP contribution in [0.1, 0.15) is 29.2 Å². The monoisotopic (exact) mass is 488 g/mol. The predicted molar refractivity (Wildman–Crippen MR) is 122 cm³/mol. The van der Waals surface area contributed by atoms with E-state index in [1.165, 1.54) is 11.3 Å². The highest BCUT2D eigenvalue weighted by Gasteiger charge is 2.38. The zero-order valence-corrected chi connectivity index (χ0v) is 19.4. The van der Waals surface area contributed by atoms with Crippen molar-refractivity contribution in [3.05, 3.63) is 86.8 Å². The summed E-state index contributed by atoms with van der Waals surface area (Å²) in [4.78, 5) is 19.8. The molecule has 0 bridgehead atoms. The molecule has 30 heavy (non-hydrogen) atoms. The van der Waals surface area contributed by atoms with E-state index >= 15 is 0 Å². The molecule has 0 aliphatic heterocycles. The van der Waals surface area contributed by atoms with Crippen molar-refractivity contribution >= 4 is 33.2 Å². The molecule has 7 heteroatoms.